The third kappa shape index (κ3) is 5.56. The molecule has 3 rings (SSSR count). The highest BCUT2D eigenvalue weighted by atomic mass is 32.2. The Morgan fingerprint density at radius 3 is 2.50 bits per heavy atom. The van der Waals surface area contributed by atoms with Crippen LogP contribution in [0.2, 0.25) is 0 Å². The largest absolute Gasteiger partial charge is 0.494 e. The molecule has 2 aromatic carbocycles. The average Bonchev–Trinajstić information content (AvgIpc) is 3.25. The predicted octanol–water partition coefficient (Wildman–Crippen LogP) is 3.69. The van der Waals surface area contributed by atoms with Crippen LogP contribution in [-0.4, -0.2) is 33.1 Å². The van der Waals surface area contributed by atoms with Crippen molar-refractivity contribution in [1.29, 1.82) is 0 Å². The molecule has 3 aromatic rings. The zero-order chi connectivity index (χ0) is 21.6. The molecular formula is C20H22N4O4S2. The van der Waals surface area contributed by atoms with Gasteiger partial charge in [-0.05, 0) is 36.8 Å². The lowest BCUT2D eigenvalue weighted by atomic mass is 10.2. The minimum Gasteiger partial charge on any atom is -0.494 e. The normalized spacial score (nSPS) is 11.1. The number of urea groups is 1. The van der Waals surface area contributed by atoms with Gasteiger partial charge < -0.3 is 10.1 Å². The van der Waals surface area contributed by atoms with Crippen molar-refractivity contribution in [2.24, 2.45) is 0 Å². The molecule has 0 unspecified atom stereocenters. The topological polar surface area (TPSA) is 101 Å². The first-order valence-electron chi connectivity index (χ1n) is 9.16. The first-order chi connectivity index (χ1) is 14.4. The van der Waals surface area contributed by atoms with E-state index in [9.17, 15) is 13.2 Å². The van der Waals surface area contributed by atoms with Gasteiger partial charge in [0.15, 0.2) is 9.34 Å². The molecule has 0 aliphatic rings. The number of hydrogen-bond acceptors (Lipinski definition) is 6. The van der Waals surface area contributed by atoms with Crippen molar-refractivity contribution >= 4 is 38.2 Å². The van der Waals surface area contributed by atoms with E-state index in [1.165, 1.54) is 18.1 Å². The molecule has 0 radical (unpaired) electrons. The van der Waals surface area contributed by atoms with Gasteiger partial charge in [0, 0.05) is 19.3 Å². The maximum atomic E-state index is 12.5. The highest BCUT2D eigenvalue weighted by Crippen LogP contribution is 2.26. The Bertz CT molecular complexity index is 1080. The third-order valence-corrected chi connectivity index (χ3v) is 6.99. The number of rotatable bonds is 8. The van der Waals surface area contributed by atoms with Crippen LogP contribution in [0.1, 0.15) is 12.5 Å². The zero-order valence-corrected chi connectivity index (χ0v) is 18.2. The van der Waals surface area contributed by atoms with Crippen LogP contribution in [0.4, 0.5) is 15.6 Å². The molecule has 0 spiro atoms. The lowest BCUT2D eigenvalue weighted by Crippen LogP contribution is -2.31. The van der Waals surface area contributed by atoms with Gasteiger partial charge >= 0.3 is 6.03 Å². The minimum atomic E-state index is -3.73. The summed E-state index contributed by atoms with van der Waals surface area (Å²) in [5, 5.41) is 3.00. The standard InChI is InChI=1S/C20H22N4O4S2/c1-3-28-17-11-9-16(10-12-17)23-19(25)24(2)20-21-14-18(29-20)30(26,27)22-13-15-7-5-4-6-8-15/h4-12,14,22H,3,13H2,1-2H3,(H,23,25). The fourth-order valence-electron chi connectivity index (χ4n) is 2.47. The summed E-state index contributed by atoms with van der Waals surface area (Å²) in [6.45, 7) is 2.62. The number of benzene rings is 2. The van der Waals surface area contributed by atoms with Crippen molar-refractivity contribution < 1.29 is 17.9 Å². The number of carbonyl (C=O) groups is 1. The summed E-state index contributed by atoms with van der Waals surface area (Å²) >= 11 is 0.915. The second-order valence-corrected chi connectivity index (χ2v) is 9.22. The van der Waals surface area contributed by atoms with Gasteiger partial charge in [-0.2, -0.15) is 0 Å². The summed E-state index contributed by atoms with van der Waals surface area (Å²) in [6.07, 6.45) is 1.24. The van der Waals surface area contributed by atoms with Crippen molar-refractivity contribution in [3.63, 3.8) is 0 Å². The van der Waals surface area contributed by atoms with E-state index in [0.29, 0.717) is 18.0 Å². The Labute approximate surface area is 179 Å². The Morgan fingerprint density at radius 1 is 1.13 bits per heavy atom. The maximum Gasteiger partial charge on any atom is 0.327 e. The Morgan fingerprint density at radius 2 is 1.83 bits per heavy atom. The van der Waals surface area contributed by atoms with Gasteiger partial charge in [0.25, 0.3) is 10.0 Å². The number of thiazole rings is 1. The zero-order valence-electron chi connectivity index (χ0n) is 16.5. The molecule has 30 heavy (non-hydrogen) atoms. The highest BCUT2D eigenvalue weighted by Gasteiger charge is 2.21. The summed E-state index contributed by atoms with van der Waals surface area (Å²) in [7, 11) is -2.21. The number of nitrogens with zero attached hydrogens (tertiary/aromatic N) is 2. The van der Waals surface area contributed by atoms with Gasteiger partial charge in [-0.3, -0.25) is 4.90 Å². The second-order valence-electron chi connectivity index (χ2n) is 6.22. The number of amides is 2. The molecule has 1 aromatic heterocycles. The predicted molar refractivity (Wildman–Crippen MR) is 118 cm³/mol. The van der Waals surface area contributed by atoms with E-state index in [0.717, 1.165) is 16.9 Å². The maximum absolute atomic E-state index is 12.5. The lowest BCUT2D eigenvalue weighted by molar-refractivity contribution is 0.258. The fourth-order valence-corrected chi connectivity index (χ4v) is 4.61. The first-order valence-corrected chi connectivity index (χ1v) is 11.5. The van der Waals surface area contributed by atoms with E-state index in [1.54, 1.807) is 24.3 Å². The van der Waals surface area contributed by atoms with Gasteiger partial charge in [0.1, 0.15) is 5.75 Å². The van der Waals surface area contributed by atoms with E-state index in [4.69, 9.17) is 4.74 Å². The summed E-state index contributed by atoms with van der Waals surface area (Å²) < 4.78 is 33.0. The molecule has 2 N–H and O–H groups in total. The lowest BCUT2D eigenvalue weighted by Gasteiger charge is -2.15. The summed E-state index contributed by atoms with van der Waals surface area (Å²) in [5.74, 6) is 0.710. The van der Waals surface area contributed by atoms with Crippen molar-refractivity contribution in [2.75, 3.05) is 23.9 Å². The molecular weight excluding hydrogens is 424 g/mol. The summed E-state index contributed by atoms with van der Waals surface area (Å²) in [5.41, 5.74) is 1.43. The number of ether oxygens (including phenoxy) is 1. The van der Waals surface area contributed by atoms with Crippen molar-refractivity contribution in [3.05, 3.63) is 66.4 Å². The molecule has 2 amide bonds. The van der Waals surface area contributed by atoms with Crippen molar-refractivity contribution in [3.8, 4) is 5.75 Å². The monoisotopic (exact) mass is 446 g/mol. The molecule has 158 valence electrons. The molecule has 0 aliphatic carbocycles. The number of hydrogen-bond donors (Lipinski definition) is 2. The Hall–Kier alpha value is -2.95. The molecule has 0 saturated heterocycles. The Balaban J connectivity index is 1.63. The van der Waals surface area contributed by atoms with Crippen LogP contribution in [0, 0.1) is 0 Å². The van der Waals surface area contributed by atoms with Crippen molar-refractivity contribution in [1.82, 2.24) is 9.71 Å². The number of sulfonamides is 1. The van der Waals surface area contributed by atoms with Crippen LogP contribution >= 0.6 is 11.3 Å². The Kier molecular flexibility index (Phi) is 7.03. The third-order valence-electron chi connectivity index (χ3n) is 4.05. The van der Waals surface area contributed by atoms with Crippen LogP contribution < -0.4 is 19.7 Å². The molecule has 0 fully saturated rings. The van der Waals surface area contributed by atoms with Crippen LogP contribution in [0.15, 0.2) is 65.0 Å². The smallest absolute Gasteiger partial charge is 0.327 e. The first kappa shape index (κ1) is 21.8. The summed E-state index contributed by atoms with van der Waals surface area (Å²) in [6, 6.07) is 15.7. The number of anilines is 2. The van der Waals surface area contributed by atoms with Gasteiger partial charge in [0.05, 0.1) is 12.8 Å². The summed E-state index contributed by atoms with van der Waals surface area (Å²) in [4.78, 5) is 17.8. The molecule has 0 atom stereocenters. The van der Waals surface area contributed by atoms with Gasteiger partial charge in [-0.25, -0.2) is 22.9 Å². The number of aromatic nitrogens is 1. The molecule has 0 aliphatic heterocycles. The van der Waals surface area contributed by atoms with Gasteiger partial charge in [-0.1, -0.05) is 41.7 Å². The van der Waals surface area contributed by atoms with E-state index >= 15 is 0 Å². The van der Waals surface area contributed by atoms with Gasteiger partial charge in [-0.15, -0.1) is 0 Å². The average molecular weight is 447 g/mol. The second kappa shape index (κ2) is 9.70. The molecule has 1 heterocycles. The van der Waals surface area contributed by atoms with Crippen molar-refractivity contribution in [2.45, 2.75) is 17.7 Å². The van der Waals surface area contributed by atoms with E-state index < -0.39 is 16.1 Å². The molecule has 0 saturated carbocycles. The van der Waals surface area contributed by atoms with Crippen LogP contribution in [0.5, 0.6) is 5.75 Å². The quantitative estimate of drug-likeness (QED) is 0.550. The molecule has 0 bridgehead atoms. The minimum absolute atomic E-state index is 0.0362. The highest BCUT2D eigenvalue weighted by molar-refractivity contribution is 7.91. The van der Waals surface area contributed by atoms with E-state index in [2.05, 4.69) is 15.0 Å². The molecule has 8 nitrogen and oxygen atoms in total. The number of carbonyl (C=O) groups excluding carboxylic acids is 1. The SMILES string of the molecule is CCOc1ccc(NC(=O)N(C)c2ncc(S(=O)(=O)NCc3ccccc3)s2)cc1. The van der Waals surface area contributed by atoms with Crippen LogP contribution in [0.3, 0.4) is 0 Å². The van der Waals surface area contributed by atoms with Crippen LogP contribution in [-0.2, 0) is 16.6 Å². The van der Waals surface area contributed by atoms with E-state index in [1.807, 2.05) is 37.3 Å². The molecule has 10 heteroatoms. The number of nitrogens with one attached hydrogen (secondary N) is 2. The van der Waals surface area contributed by atoms with Crippen LogP contribution in [0.25, 0.3) is 0 Å². The van der Waals surface area contributed by atoms with Gasteiger partial charge in [0.2, 0.25) is 0 Å². The fraction of sp³-hybridized carbons (Fsp3) is 0.200. The van der Waals surface area contributed by atoms with E-state index in [-0.39, 0.29) is 15.9 Å².